The molecule has 1 aromatic carbocycles. The molecular formula is C14H21NO3. The summed E-state index contributed by atoms with van der Waals surface area (Å²) in [5, 5.41) is 12.6. The standard InChI is InChI=1S/C14H21NO3/c1-4-18-12-7-5-11(6-8-12)13(16)9-15-14(17)10(2)3/h5-8,10,13,16H,4,9H2,1-3H3,(H,15,17). The lowest BCUT2D eigenvalue weighted by Gasteiger charge is -2.14. The van der Waals surface area contributed by atoms with Crippen molar-refractivity contribution < 1.29 is 14.6 Å². The van der Waals surface area contributed by atoms with E-state index in [4.69, 9.17) is 4.74 Å². The highest BCUT2D eigenvalue weighted by molar-refractivity contribution is 5.77. The van der Waals surface area contributed by atoms with Crippen LogP contribution >= 0.6 is 0 Å². The van der Waals surface area contributed by atoms with Crippen molar-refractivity contribution in [1.29, 1.82) is 0 Å². The molecule has 0 saturated heterocycles. The average molecular weight is 251 g/mol. The van der Waals surface area contributed by atoms with Crippen molar-refractivity contribution in [2.75, 3.05) is 13.2 Å². The smallest absolute Gasteiger partial charge is 0.222 e. The Morgan fingerprint density at radius 1 is 1.33 bits per heavy atom. The Labute approximate surface area is 108 Å². The lowest BCUT2D eigenvalue weighted by molar-refractivity contribution is -0.124. The van der Waals surface area contributed by atoms with Crippen LogP contribution < -0.4 is 10.1 Å². The van der Waals surface area contributed by atoms with Gasteiger partial charge in [-0.15, -0.1) is 0 Å². The molecule has 4 nitrogen and oxygen atoms in total. The topological polar surface area (TPSA) is 58.6 Å². The molecule has 0 saturated carbocycles. The molecule has 0 spiro atoms. The first-order valence-corrected chi connectivity index (χ1v) is 6.23. The maximum Gasteiger partial charge on any atom is 0.222 e. The zero-order valence-corrected chi connectivity index (χ0v) is 11.1. The Hall–Kier alpha value is -1.55. The van der Waals surface area contributed by atoms with Gasteiger partial charge in [-0.1, -0.05) is 26.0 Å². The predicted octanol–water partition coefficient (Wildman–Crippen LogP) is 1.89. The quantitative estimate of drug-likeness (QED) is 0.811. The summed E-state index contributed by atoms with van der Waals surface area (Å²) >= 11 is 0. The van der Waals surface area contributed by atoms with Crippen molar-refractivity contribution in [2.24, 2.45) is 5.92 Å². The first kappa shape index (κ1) is 14.5. The van der Waals surface area contributed by atoms with Crippen LogP contribution in [-0.2, 0) is 4.79 Å². The molecule has 100 valence electrons. The third-order valence-corrected chi connectivity index (χ3v) is 2.57. The number of aliphatic hydroxyl groups excluding tert-OH is 1. The fraction of sp³-hybridized carbons (Fsp3) is 0.500. The molecule has 0 radical (unpaired) electrons. The molecule has 0 bridgehead atoms. The molecule has 0 fully saturated rings. The number of amides is 1. The van der Waals surface area contributed by atoms with E-state index in [1.165, 1.54) is 0 Å². The van der Waals surface area contributed by atoms with Gasteiger partial charge < -0.3 is 15.2 Å². The number of aliphatic hydroxyl groups is 1. The third-order valence-electron chi connectivity index (χ3n) is 2.57. The van der Waals surface area contributed by atoms with Crippen LogP contribution in [0, 0.1) is 5.92 Å². The Morgan fingerprint density at radius 2 is 1.94 bits per heavy atom. The van der Waals surface area contributed by atoms with Crippen LogP contribution in [-0.4, -0.2) is 24.2 Å². The number of ether oxygens (including phenoxy) is 1. The number of carbonyl (C=O) groups is 1. The Balaban J connectivity index is 2.51. The molecule has 0 aliphatic heterocycles. The summed E-state index contributed by atoms with van der Waals surface area (Å²) in [7, 11) is 0. The zero-order valence-electron chi connectivity index (χ0n) is 11.1. The van der Waals surface area contributed by atoms with E-state index in [1.54, 1.807) is 12.1 Å². The van der Waals surface area contributed by atoms with E-state index < -0.39 is 6.10 Å². The number of benzene rings is 1. The molecule has 1 atom stereocenters. The second-order valence-electron chi connectivity index (χ2n) is 4.42. The minimum atomic E-state index is -0.691. The van der Waals surface area contributed by atoms with E-state index in [0.29, 0.717) is 6.61 Å². The van der Waals surface area contributed by atoms with Crippen LogP contribution in [0.2, 0.25) is 0 Å². The largest absolute Gasteiger partial charge is 0.494 e. The Bertz CT molecular complexity index is 373. The first-order valence-electron chi connectivity index (χ1n) is 6.23. The SMILES string of the molecule is CCOc1ccc(C(O)CNC(=O)C(C)C)cc1. The zero-order chi connectivity index (χ0) is 13.5. The summed E-state index contributed by atoms with van der Waals surface area (Å²) in [6.07, 6.45) is -0.691. The summed E-state index contributed by atoms with van der Waals surface area (Å²) < 4.78 is 5.32. The molecule has 2 N–H and O–H groups in total. The maximum atomic E-state index is 11.4. The monoisotopic (exact) mass is 251 g/mol. The number of nitrogens with one attached hydrogen (secondary N) is 1. The van der Waals surface area contributed by atoms with Crippen LogP contribution in [0.5, 0.6) is 5.75 Å². The highest BCUT2D eigenvalue weighted by Gasteiger charge is 2.11. The second-order valence-corrected chi connectivity index (χ2v) is 4.42. The Kier molecular flexibility index (Phi) is 5.65. The summed E-state index contributed by atoms with van der Waals surface area (Å²) in [5.41, 5.74) is 0.766. The molecule has 0 heterocycles. The number of hydrogen-bond donors (Lipinski definition) is 2. The number of rotatable bonds is 6. The van der Waals surface area contributed by atoms with Crippen LogP contribution in [0.15, 0.2) is 24.3 Å². The summed E-state index contributed by atoms with van der Waals surface area (Å²) in [5.74, 6) is 0.650. The maximum absolute atomic E-state index is 11.4. The van der Waals surface area contributed by atoms with Gasteiger partial charge in [0.1, 0.15) is 5.75 Å². The van der Waals surface area contributed by atoms with E-state index in [-0.39, 0.29) is 18.4 Å². The van der Waals surface area contributed by atoms with Crippen molar-refractivity contribution in [3.63, 3.8) is 0 Å². The highest BCUT2D eigenvalue weighted by atomic mass is 16.5. The van der Waals surface area contributed by atoms with Crippen molar-refractivity contribution in [3.05, 3.63) is 29.8 Å². The second kappa shape index (κ2) is 7.01. The molecule has 18 heavy (non-hydrogen) atoms. The minimum Gasteiger partial charge on any atom is -0.494 e. The van der Waals surface area contributed by atoms with E-state index >= 15 is 0 Å². The van der Waals surface area contributed by atoms with Gasteiger partial charge in [0.2, 0.25) is 5.91 Å². The van der Waals surface area contributed by atoms with E-state index in [1.807, 2.05) is 32.9 Å². The fourth-order valence-electron chi connectivity index (χ4n) is 1.47. The van der Waals surface area contributed by atoms with Crippen LogP contribution in [0.25, 0.3) is 0 Å². The summed E-state index contributed by atoms with van der Waals surface area (Å²) in [4.78, 5) is 11.4. The molecule has 0 aliphatic rings. The van der Waals surface area contributed by atoms with Gasteiger partial charge in [0, 0.05) is 12.5 Å². The predicted molar refractivity (Wildman–Crippen MR) is 70.4 cm³/mol. The summed E-state index contributed by atoms with van der Waals surface area (Å²) in [6.45, 7) is 6.40. The van der Waals surface area contributed by atoms with Crippen molar-refractivity contribution in [1.82, 2.24) is 5.32 Å². The van der Waals surface area contributed by atoms with Crippen LogP contribution in [0.4, 0.5) is 0 Å². The Morgan fingerprint density at radius 3 is 2.44 bits per heavy atom. The van der Waals surface area contributed by atoms with Gasteiger partial charge in [-0.3, -0.25) is 4.79 Å². The van der Waals surface area contributed by atoms with Gasteiger partial charge in [0.05, 0.1) is 12.7 Å². The van der Waals surface area contributed by atoms with Gasteiger partial charge in [-0.05, 0) is 24.6 Å². The molecular weight excluding hydrogens is 230 g/mol. The molecule has 0 aliphatic carbocycles. The molecule has 1 rings (SSSR count). The van der Waals surface area contributed by atoms with Gasteiger partial charge in [-0.25, -0.2) is 0 Å². The van der Waals surface area contributed by atoms with E-state index in [2.05, 4.69) is 5.32 Å². The summed E-state index contributed by atoms with van der Waals surface area (Å²) in [6, 6.07) is 7.23. The van der Waals surface area contributed by atoms with Gasteiger partial charge >= 0.3 is 0 Å². The molecule has 1 unspecified atom stereocenters. The molecule has 1 aromatic rings. The number of carbonyl (C=O) groups excluding carboxylic acids is 1. The van der Waals surface area contributed by atoms with Gasteiger partial charge in [-0.2, -0.15) is 0 Å². The molecule has 1 amide bonds. The minimum absolute atomic E-state index is 0.0556. The molecule has 0 aromatic heterocycles. The van der Waals surface area contributed by atoms with Gasteiger partial charge in [0.25, 0.3) is 0 Å². The van der Waals surface area contributed by atoms with Crippen molar-refractivity contribution in [2.45, 2.75) is 26.9 Å². The van der Waals surface area contributed by atoms with E-state index in [9.17, 15) is 9.90 Å². The number of hydrogen-bond acceptors (Lipinski definition) is 3. The normalized spacial score (nSPS) is 12.3. The van der Waals surface area contributed by atoms with Crippen molar-refractivity contribution in [3.8, 4) is 5.75 Å². The third kappa shape index (κ3) is 4.37. The lowest BCUT2D eigenvalue weighted by atomic mass is 10.1. The fourth-order valence-corrected chi connectivity index (χ4v) is 1.47. The van der Waals surface area contributed by atoms with Gasteiger partial charge in [0.15, 0.2) is 0 Å². The van der Waals surface area contributed by atoms with Crippen LogP contribution in [0.3, 0.4) is 0 Å². The van der Waals surface area contributed by atoms with Crippen molar-refractivity contribution >= 4 is 5.91 Å². The first-order chi connectivity index (χ1) is 8.54. The highest BCUT2D eigenvalue weighted by Crippen LogP contribution is 2.17. The average Bonchev–Trinajstić information content (AvgIpc) is 2.36. The van der Waals surface area contributed by atoms with Crippen LogP contribution in [0.1, 0.15) is 32.4 Å². The lowest BCUT2D eigenvalue weighted by Crippen LogP contribution is -2.31. The van der Waals surface area contributed by atoms with E-state index in [0.717, 1.165) is 11.3 Å². The molecule has 4 heteroatoms.